The van der Waals surface area contributed by atoms with Crippen molar-refractivity contribution in [2.24, 2.45) is 0 Å². The Balaban J connectivity index is 1.86. The molecule has 27 heavy (non-hydrogen) atoms. The maximum Gasteiger partial charge on any atom is 0.126 e. The van der Waals surface area contributed by atoms with E-state index in [-0.39, 0.29) is 0 Å². The lowest BCUT2D eigenvalue weighted by atomic mass is 9.94. The van der Waals surface area contributed by atoms with Gasteiger partial charge in [0.2, 0.25) is 0 Å². The summed E-state index contributed by atoms with van der Waals surface area (Å²) < 4.78 is 0. The zero-order chi connectivity index (χ0) is 18.2. The van der Waals surface area contributed by atoms with Crippen molar-refractivity contribution in [2.75, 3.05) is 0 Å². The molecule has 1 heterocycles. The maximum absolute atomic E-state index is 4.85. The fourth-order valence-corrected chi connectivity index (χ4v) is 3.74. The topological polar surface area (TPSA) is 25.8 Å². The van der Waals surface area contributed by atoms with Gasteiger partial charge in [-0.15, -0.1) is 0 Å². The third kappa shape index (κ3) is 2.67. The first kappa shape index (κ1) is 15.7. The van der Waals surface area contributed by atoms with Gasteiger partial charge >= 0.3 is 0 Å². The molecule has 1 aromatic heterocycles. The Bertz CT molecular complexity index is 1270. The number of aromatic nitrogens is 2. The van der Waals surface area contributed by atoms with E-state index in [0.29, 0.717) is 0 Å². The number of aryl methyl sites for hydroxylation is 1. The molecule has 0 aliphatic heterocycles. The van der Waals surface area contributed by atoms with Crippen LogP contribution in [0.4, 0.5) is 0 Å². The SMILES string of the molecule is Cc1nc(-c2ccccc2-c2ccccc2)c2ccc3ccccc3c2n1. The second-order valence-corrected chi connectivity index (χ2v) is 6.71. The van der Waals surface area contributed by atoms with Crippen LogP contribution in [-0.2, 0) is 0 Å². The van der Waals surface area contributed by atoms with Crippen LogP contribution in [0.1, 0.15) is 5.82 Å². The van der Waals surface area contributed by atoms with E-state index in [1.165, 1.54) is 21.9 Å². The monoisotopic (exact) mass is 346 g/mol. The smallest absolute Gasteiger partial charge is 0.126 e. The number of rotatable bonds is 2. The lowest BCUT2D eigenvalue weighted by Crippen LogP contribution is -1.96. The number of nitrogens with zero attached hydrogens (tertiary/aromatic N) is 2. The lowest BCUT2D eigenvalue weighted by Gasteiger charge is -2.13. The van der Waals surface area contributed by atoms with E-state index in [0.717, 1.165) is 28.0 Å². The third-order valence-corrected chi connectivity index (χ3v) is 4.97. The van der Waals surface area contributed by atoms with Crippen LogP contribution in [0, 0.1) is 6.92 Å². The molecule has 2 heteroatoms. The van der Waals surface area contributed by atoms with Gasteiger partial charge in [0.25, 0.3) is 0 Å². The Kier molecular flexibility index (Phi) is 3.68. The van der Waals surface area contributed by atoms with Crippen molar-refractivity contribution in [1.29, 1.82) is 0 Å². The Morgan fingerprint density at radius 1 is 0.556 bits per heavy atom. The van der Waals surface area contributed by atoms with Crippen molar-refractivity contribution in [3.05, 3.63) is 96.8 Å². The standard InChI is InChI=1S/C25H18N2/c1-17-26-24-21-13-6-5-11-19(21)15-16-23(24)25(27-17)22-14-8-7-12-20(22)18-9-3-2-4-10-18/h2-16H,1H3. The lowest BCUT2D eigenvalue weighted by molar-refractivity contribution is 1.10. The molecule has 0 amide bonds. The van der Waals surface area contributed by atoms with Gasteiger partial charge in [-0.2, -0.15) is 0 Å². The second-order valence-electron chi connectivity index (χ2n) is 6.71. The summed E-state index contributed by atoms with van der Waals surface area (Å²) in [5.41, 5.74) is 5.51. The van der Waals surface area contributed by atoms with Gasteiger partial charge in [-0.3, -0.25) is 0 Å². The van der Waals surface area contributed by atoms with Gasteiger partial charge in [0.05, 0.1) is 11.2 Å². The molecule has 0 aliphatic carbocycles. The molecule has 0 unspecified atom stereocenters. The van der Waals surface area contributed by atoms with Crippen LogP contribution in [0.5, 0.6) is 0 Å². The summed E-state index contributed by atoms with van der Waals surface area (Å²) in [5.74, 6) is 0.789. The van der Waals surface area contributed by atoms with Crippen LogP contribution in [-0.4, -0.2) is 9.97 Å². The first-order chi connectivity index (χ1) is 13.3. The number of hydrogen-bond acceptors (Lipinski definition) is 2. The van der Waals surface area contributed by atoms with Gasteiger partial charge in [0.1, 0.15) is 5.82 Å². The largest absolute Gasteiger partial charge is 0.233 e. The fourth-order valence-electron chi connectivity index (χ4n) is 3.74. The molecule has 0 N–H and O–H groups in total. The van der Waals surface area contributed by atoms with Crippen LogP contribution >= 0.6 is 0 Å². The molecule has 0 fully saturated rings. The minimum absolute atomic E-state index is 0.789. The molecule has 0 aliphatic rings. The van der Waals surface area contributed by atoms with E-state index in [9.17, 15) is 0 Å². The van der Waals surface area contributed by atoms with Gasteiger partial charge in [-0.05, 0) is 29.5 Å². The number of benzene rings is 4. The Hall–Kier alpha value is -3.52. The first-order valence-corrected chi connectivity index (χ1v) is 9.12. The number of fused-ring (bicyclic) bond motifs is 3. The van der Waals surface area contributed by atoms with Crippen LogP contribution in [0.15, 0.2) is 91.0 Å². The fraction of sp³-hybridized carbons (Fsp3) is 0.0400. The highest BCUT2D eigenvalue weighted by atomic mass is 14.9. The van der Waals surface area contributed by atoms with Crippen LogP contribution in [0.25, 0.3) is 44.1 Å². The average Bonchev–Trinajstić information content (AvgIpc) is 2.74. The predicted molar refractivity (Wildman–Crippen MR) is 113 cm³/mol. The highest BCUT2D eigenvalue weighted by Crippen LogP contribution is 2.36. The molecule has 5 aromatic rings. The zero-order valence-electron chi connectivity index (χ0n) is 15.1. The number of hydrogen-bond donors (Lipinski definition) is 0. The summed E-state index contributed by atoms with van der Waals surface area (Å²) in [6.07, 6.45) is 0. The summed E-state index contributed by atoms with van der Waals surface area (Å²) in [4.78, 5) is 9.63. The highest BCUT2D eigenvalue weighted by molar-refractivity contribution is 6.10. The van der Waals surface area contributed by atoms with E-state index in [1.807, 2.05) is 13.0 Å². The van der Waals surface area contributed by atoms with Crippen LogP contribution in [0.2, 0.25) is 0 Å². The summed E-state index contributed by atoms with van der Waals surface area (Å²) in [6, 6.07) is 31.6. The molecular formula is C25H18N2. The van der Waals surface area contributed by atoms with Crippen molar-refractivity contribution < 1.29 is 0 Å². The quantitative estimate of drug-likeness (QED) is 0.344. The molecule has 4 aromatic carbocycles. The summed E-state index contributed by atoms with van der Waals surface area (Å²) >= 11 is 0. The zero-order valence-corrected chi connectivity index (χ0v) is 15.1. The summed E-state index contributed by atoms with van der Waals surface area (Å²) in [5, 5.41) is 3.45. The summed E-state index contributed by atoms with van der Waals surface area (Å²) in [6.45, 7) is 1.97. The van der Waals surface area contributed by atoms with Gasteiger partial charge < -0.3 is 0 Å². The Morgan fingerprint density at radius 2 is 1.26 bits per heavy atom. The minimum atomic E-state index is 0.789. The van der Waals surface area contributed by atoms with Crippen LogP contribution < -0.4 is 0 Å². The van der Waals surface area contributed by atoms with E-state index >= 15 is 0 Å². The molecule has 0 bridgehead atoms. The molecule has 0 atom stereocenters. The molecule has 0 saturated carbocycles. The van der Waals surface area contributed by atoms with Gasteiger partial charge in [-0.25, -0.2) is 9.97 Å². The Morgan fingerprint density at radius 3 is 2.11 bits per heavy atom. The third-order valence-electron chi connectivity index (χ3n) is 4.97. The van der Waals surface area contributed by atoms with Gasteiger partial charge in [0, 0.05) is 16.3 Å². The molecule has 2 nitrogen and oxygen atoms in total. The minimum Gasteiger partial charge on any atom is -0.233 e. The van der Waals surface area contributed by atoms with Gasteiger partial charge in [-0.1, -0.05) is 84.9 Å². The molecule has 0 saturated heterocycles. The van der Waals surface area contributed by atoms with Crippen molar-refractivity contribution in [3.8, 4) is 22.4 Å². The average molecular weight is 346 g/mol. The molecule has 0 radical (unpaired) electrons. The molecule has 5 rings (SSSR count). The van der Waals surface area contributed by atoms with E-state index in [4.69, 9.17) is 9.97 Å². The Labute approximate surface area is 158 Å². The summed E-state index contributed by atoms with van der Waals surface area (Å²) in [7, 11) is 0. The second kappa shape index (κ2) is 6.33. The predicted octanol–water partition coefficient (Wildman–Crippen LogP) is 6.43. The highest BCUT2D eigenvalue weighted by Gasteiger charge is 2.14. The first-order valence-electron chi connectivity index (χ1n) is 9.12. The maximum atomic E-state index is 4.85. The van der Waals surface area contributed by atoms with Gasteiger partial charge in [0.15, 0.2) is 0 Å². The molecule has 128 valence electrons. The normalized spacial score (nSPS) is 11.1. The van der Waals surface area contributed by atoms with Crippen molar-refractivity contribution in [1.82, 2.24) is 9.97 Å². The molecular weight excluding hydrogens is 328 g/mol. The van der Waals surface area contributed by atoms with E-state index in [2.05, 4.69) is 84.9 Å². The van der Waals surface area contributed by atoms with E-state index < -0.39 is 0 Å². The van der Waals surface area contributed by atoms with Crippen molar-refractivity contribution in [3.63, 3.8) is 0 Å². The van der Waals surface area contributed by atoms with Crippen molar-refractivity contribution in [2.45, 2.75) is 6.92 Å². The van der Waals surface area contributed by atoms with E-state index in [1.54, 1.807) is 0 Å². The molecule has 0 spiro atoms. The van der Waals surface area contributed by atoms with Crippen LogP contribution in [0.3, 0.4) is 0 Å². The van der Waals surface area contributed by atoms with Crippen molar-refractivity contribution >= 4 is 21.7 Å².